The monoisotopic (exact) mass is 332 g/mol. The first kappa shape index (κ1) is 17.1. The van der Waals surface area contributed by atoms with Gasteiger partial charge in [-0.25, -0.2) is 21.6 Å². The average Bonchev–Trinajstić information content (AvgIpc) is 2.48. The summed E-state index contributed by atoms with van der Waals surface area (Å²) in [6, 6.07) is 7.70. The number of hydrogen-bond donors (Lipinski definition) is 0. The molecule has 2 nitrogen and oxygen atoms in total. The maximum atomic E-state index is 15.0. The van der Waals surface area contributed by atoms with Crippen LogP contribution < -0.4 is 0 Å². The van der Waals surface area contributed by atoms with Gasteiger partial charge in [0.1, 0.15) is 0 Å². The zero-order chi connectivity index (χ0) is 16.4. The molecule has 1 aliphatic carbocycles. The van der Waals surface area contributed by atoms with Crippen LogP contribution in [0.15, 0.2) is 42.5 Å². The molecule has 2 unspecified atom stereocenters. The quantitative estimate of drug-likeness (QED) is 0.756. The van der Waals surface area contributed by atoms with E-state index in [4.69, 9.17) is 0 Å². The van der Waals surface area contributed by atoms with Gasteiger partial charge in [0.25, 0.3) is 5.00 Å². The molecular weight excluding hydrogens is 313 g/mol. The number of unbranched alkanes of at least 4 members (excludes halogenated alkanes) is 1. The Kier molecular flexibility index (Phi) is 4.70. The van der Waals surface area contributed by atoms with E-state index >= 15 is 0 Å². The van der Waals surface area contributed by atoms with Crippen molar-refractivity contribution in [3.05, 3.63) is 48.0 Å². The third-order valence-electron chi connectivity index (χ3n) is 4.02. The number of halogens is 3. The first-order valence-electron chi connectivity index (χ1n) is 7.27. The Bertz CT molecular complexity index is 641. The van der Waals surface area contributed by atoms with Crippen molar-refractivity contribution in [3.8, 4) is 0 Å². The third-order valence-corrected chi connectivity index (χ3v) is 6.27. The van der Waals surface area contributed by atoms with Gasteiger partial charge in [0.05, 0.1) is 11.7 Å². The van der Waals surface area contributed by atoms with Crippen molar-refractivity contribution in [1.29, 1.82) is 0 Å². The van der Waals surface area contributed by atoms with Gasteiger partial charge in [0.15, 0.2) is 9.84 Å². The van der Waals surface area contributed by atoms with Crippen LogP contribution in [0.25, 0.3) is 0 Å². The Morgan fingerprint density at radius 2 is 1.82 bits per heavy atom. The van der Waals surface area contributed by atoms with E-state index in [0.29, 0.717) is 6.42 Å². The molecule has 0 fully saturated rings. The zero-order valence-corrected chi connectivity index (χ0v) is 13.1. The molecule has 0 spiro atoms. The summed E-state index contributed by atoms with van der Waals surface area (Å²) >= 11 is 0. The van der Waals surface area contributed by atoms with Crippen LogP contribution >= 0.6 is 0 Å². The van der Waals surface area contributed by atoms with Gasteiger partial charge in [-0.2, -0.15) is 0 Å². The molecule has 2 atom stereocenters. The Labute approximate surface area is 129 Å². The van der Waals surface area contributed by atoms with E-state index in [9.17, 15) is 21.6 Å². The second-order valence-corrected chi connectivity index (χ2v) is 7.83. The van der Waals surface area contributed by atoms with E-state index in [1.807, 2.05) is 0 Å². The Balaban J connectivity index is 2.45. The molecule has 122 valence electrons. The summed E-state index contributed by atoms with van der Waals surface area (Å²) in [7, 11) is -4.56. The van der Waals surface area contributed by atoms with E-state index in [1.165, 1.54) is 24.3 Å². The van der Waals surface area contributed by atoms with Crippen LogP contribution in [0.3, 0.4) is 0 Å². The SMILES string of the molecule is CCCCS(=O)(=O)C1(F)CC=CC(c2ccccc2)C1(F)F. The van der Waals surface area contributed by atoms with Gasteiger partial charge in [-0.1, -0.05) is 55.8 Å². The normalized spacial score (nSPS) is 27.7. The standard InChI is InChI=1S/C16H19F3O2S/c1-2-3-12-22(20,21)15(17)11-7-10-14(16(15,18)19)13-8-5-4-6-9-13/h4-10,14H,2-3,11-12H2,1H3. The van der Waals surface area contributed by atoms with Gasteiger partial charge < -0.3 is 0 Å². The topological polar surface area (TPSA) is 34.1 Å². The molecule has 6 heteroatoms. The molecule has 1 aromatic rings. The molecule has 0 saturated heterocycles. The lowest BCUT2D eigenvalue weighted by molar-refractivity contribution is -0.108. The van der Waals surface area contributed by atoms with Gasteiger partial charge in [-0.05, 0) is 12.0 Å². The maximum Gasteiger partial charge on any atom is 0.306 e. The van der Waals surface area contributed by atoms with Crippen LogP contribution in [0.4, 0.5) is 13.2 Å². The molecule has 0 bridgehead atoms. The highest BCUT2D eigenvalue weighted by Crippen LogP contribution is 2.52. The average molecular weight is 332 g/mol. The van der Waals surface area contributed by atoms with Gasteiger partial charge in [0, 0.05) is 6.42 Å². The van der Waals surface area contributed by atoms with Crippen molar-refractivity contribution in [3.63, 3.8) is 0 Å². The molecule has 0 radical (unpaired) electrons. The van der Waals surface area contributed by atoms with Gasteiger partial charge in [0.2, 0.25) is 0 Å². The van der Waals surface area contributed by atoms with E-state index in [2.05, 4.69) is 0 Å². The fourth-order valence-corrected chi connectivity index (χ4v) is 4.54. The Hall–Kier alpha value is -1.30. The van der Waals surface area contributed by atoms with Gasteiger partial charge in [-0.3, -0.25) is 0 Å². The summed E-state index contributed by atoms with van der Waals surface area (Å²) in [4.78, 5) is 0. The third kappa shape index (κ3) is 2.69. The molecule has 1 aromatic carbocycles. The summed E-state index contributed by atoms with van der Waals surface area (Å²) in [6.07, 6.45) is 2.26. The molecule has 0 amide bonds. The van der Waals surface area contributed by atoms with Crippen molar-refractivity contribution in [2.45, 2.75) is 43.0 Å². The first-order chi connectivity index (χ1) is 10.3. The highest BCUT2D eigenvalue weighted by molar-refractivity contribution is 7.92. The molecule has 0 heterocycles. The maximum absolute atomic E-state index is 15.0. The van der Waals surface area contributed by atoms with Gasteiger partial charge >= 0.3 is 5.92 Å². The number of alkyl halides is 3. The molecule has 0 aliphatic heterocycles. The number of sulfone groups is 1. The van der Waals surface area contributed by atoms with Crippen molar-refractivity contribution < 1.29 is 21.6 Å². The van der Waals surface area contributed by atoms with E-state index < -0.39 is 38.9 Å². The Morgan fingerprint density at radius 1 is 1.18 bits per heavy atom. The predicted molar refractivity (Wildman–Crippen MR) is 80.4 cm³/mol. The summed E-state index contributed by atoms with van der Waals surface area (Å²) < 4.78 is 68.8. The molecule has 22 heavy (non-hydrogen) atoms. The zero-order valence-electron chi connectivity index (χ0n) is 12.3. The minimum absolute atomic E-state index is 0.170. The lowest BCUT2D eigenvalue weighted by Gasteiger charge is -2.39. The number of hydrogen-bond acceptors (Lipinski definition) is 2. The second-order valence-electron chi connectivity index (χ2n) is 5.54. The van der Waals surface area contributed by atoms with Crippen molar-refractivity contribution >= 4 is 9.84 Å². The summed E-state index contributed by atoms with van der Waals surface area (Å²) in [5, 5.41) is -3.55. The molecule has 0 aromatic heterocycles. The lowest BCUT2D eigenvalue weighted by atomic mass is 9.84. The largest absolute Gasteiger partial charge is 0.306 e. The van der Waals surface area contributed by atoms with Crippen molar-refractivity contribution in [1.82, 2.24) is 0 Å². The van der Waals surface area contributed by atoms with Crippen molar-refractivity contribution in [2.75, 3.05) is 5.75 Å². The van der Waals surface area contributed by atoms with Crippen LogP contribution in [0.1, 0.15) is 37.7 Å². The van der Waals surface area contributed by atoms with Crippen LogP contribution in [-0.4, -0.2) is 25.1 Å². The molecular formula is C16H19F3O2S. The fourth-order valence-electron chi connectivity index (χ4n) is 2.66. The molecule has 2 rings (SSSR count). The van der Waals surface area contributed by atoms with Crippen LogP contribution in [0, 0.1) is 0 Å². The van der Waals surface area contributed by atoms with E-state index in [-0.39, 0.29) is 12.0 Å². The highest BCUT2D eigenvalue weighted by Gasteiger charge is 2.67. The predicted octanol–water partition coefficient (Wildman–Crippen LogP) is 4.25. The summed E-state index contributed by atoms with van der Waals surface area (Å²) in [6.45, 7) is 1.73. The molecule has 0 N–H and O–H groups in total. The first-order valence-corrected chi connectivity index (χ1v) is 8.92. The van der Waals surface area contributed by atoms with Crippen LogP contribution in [0.5, 0.6) is 0 Å². The number of rotatable bonds is 5. The number of benzene rings is 1. The molecule has 0 saturated carbocycles. The van der Waals surface area contributed by atoms with Crippen LogP contribution in [0.2, 0.25) is 0 Å². The number of allylic oxidation sites excluding steroid dienone is 2. The summed E-state index contributed by atoms with van der Waals surface area (Å²) in [5.41, 5.74) is 0.205. The highest BCUT2D eigenvalue weighted by atomic mass is 32.2. The fraction of sp³-hybridized carbons (Fsp3) is 0.500. The van der Waals surface area contributed by atoms with Crippen LogP contribution in [-0.2, 0) is 9.84 Å². The summed E-state index contributed by atoms with van der Waals surface area (Å²) in [5.74, 6) is -6.15. The second kappa shape index (κ2) is 6.07. The minimum Gasteiger partial charge on any atom is -0.225 e. The molecule has 1 aliphatic rings. The minimum atomic E-state index is -4.56. The van der Waals surface area contributed by atoms with Crippen molar-refractivity contribution in [2.24, 2.45) is 0 Å². The smallest absolute Gasteiger partial charge is 0.225 e. The van der Waals surface area contributed by atoms with E-state index in [1.54, 1.807) is 25.1 Å². The van der Waals surface area contributed by atoms with Gasteiger partial charge in [-0.15, -0.1) is 0 Å². The lowest BCUT2D eigenvalue weighted by Crippen LogP contribution is -2.55. The Morgan fingerprint density at radius 3 is 2.41 bits per heavy atom. The van der Waals surface area contributed by atoms with E-state index in [0.717, 1.165) is 0 Å².